The van der Waals surface area contributed by atoms with Crippen LogP contribution in [-0.2, 0) is 5.54 Å². The van der Waals surface area contributed by atoms with Gasteiger partial charge in [0.1, 0.15) is 5.75 Å². The van der Waals surface area contributed by atoms with E-state index in [2.05, 4.69) is 32.0 Å². The normalized spacial score (nSPS) is 15.7. The van der Waals surface area contributed by atoms with Crippen LogP contribution >= 0.6 is 0 Å². The van der Waals surface area contributed by atoms with Crippen molar-refractivity contribution in [2.75, 3.05) is 5.32 Å². The molecule has 0 atom stereocenters. The largest absolute Gasteiger partial charge is 0.573 e. The fourth-order valence-electron chi connectivity index (χ4n) is 2.91. The summed E-state index contributed by atoms with van der Waals surface area (Å²) >= 11 is 0. The quantitative estimate of drug-likeness (QED) is 0.538. The molecule has 138 valence electrons. The summed E-state index contributed by atoms with van der Waals surface area (Å²) in [4.78, 5) is 8.41. The second kappa shape index (κ2) is 6.83. The maximum atomic E-state index is 12.7. The fraction of sp³-hybridized carbons (Fsp3) is 0.294. The second-order valence-corrected chi connectivity index (χ2v) is 6.02. The third kappa shape index (κ3) is 3.72. The summed E-state index contributed by atoms with van der Waals surface area (Å²) in [6, 6.07) is 6.13. The van der Waals surface area contributed by atoms with Crippen molar-refractivity contribution in [1.82, 2.24) is 15.4 Å². The lowest BCUT2D eigenvalue weighted by atomic mass is 9.71. The van der Waals surface area contributed by atoms with Crippen LogP contribution in [0.15, 0.2) is 43.2 Å². The number of nitrogens with zero attached hydrogens (tertiary/aromatic N) is 2. The monoisotopic (exact) mass is 365 g/mol. The summed E-state index contributed by atoms with van der Waals surface area (Å²) in [5.41, 5.74) is 3.21. The predicted octanol–water partition coefficient (Wildman–Crippen LogP) is 3.30. The molecule has 1 aliphatic carbocycles. The molecule has 0 unspecified atom stereocenters. The average molecular weight is 365 g/mol. The number of para-hydroxylation sites is 1. The molecule has 6 nitrogen and oxygen atoms in total. The van der Waals surface area contributed by atoms with Gasteiger partial charge < -0.3 is 15.5 Å². The Hall–Kier alpha value is -2.81. The highest BCUT2D eigenvalue weighted by atomic mass is 19.4. The first kappa shape index (κ1) is 18.0. The van der Waals surface area contributed by atoms with E-state index in [9.17, 15) is 13.2 Å². The molecule has 0 bridgehead atoms. The predicted molar refractivity (Wildman–Crippen MR) is 90.7 cm³/mol. The smallest absolute Gasteiger partial charge is 0.405 e. The SMILES string of the molecule is C=C(NN)c1cnc(NC2(c3ccccc3OC(F)(F)F)CCC2)nc1. The summed E-state index contributed by atoms with van der Waals surface area (Å²) in [6.45, 7) is 3.71. The van der Waals surface area contributed by atoms with E-state index < -0.39 is 11.9 Å². The number of anilines is 1. The molecular weight excluding hydrogens is 347 g/mol. The minimum atomic E-state index is -4.76. The van der Waals surface area contributed by atoms with Gasteiger partial charge in [0.2, 0.25) is 5.95 Å². The number of hydrogen-bond donors (Lipinski definition) is 3. The van der Waals surface area contributed by atoms with Crippen LogP contribution < -0.4 is 21.3 Å². The van der Waals surface area contributed by atoms with Crippen molar-refractivity contribution in [1.29, 1.82) is 0 Å². The molecule has 9 heteroatoms. The summed E-state index contributed by atoms with van der Waals surface area (Å²) in [6.07, 6.45) is 0.471. The minimum Gasteiger partial charge on any atom is -0.405 e. The van der Waals surface area contributed by atoms with Crippen LogP contribution in [0.4, 0.5) is 19.1 Å². The van der Waals surface area contributed by atoms with E-state index in [1.807, 2.05) is 0 Å². The van der Waals surface area contributed by atoms with E-state index in [1.165, 1.54) is 24.5 Å². The molecule has 1 aromatic heterocycles. The number of nitrogens with two attached hydrogens (primary N) is 1. The zero-order valence-electron chi connectivity index (χ0n) is 13.8. The standard InChI is InChI=1S/C17H18F3N5O/c1-11(25-21)12-9-22-15(23-10-12)24-16(7-4-8-16)13-5-2-3-6-14(13)26-17(18,19)20/h2-3,5-6,9-10,25H,1,4,7-8,21H2,(H,22,23,24). The average Bonchev–Trinajstić information content (AvgIpc) is 2.57. The van der Waals surface area contributed by atoms with Crippen LogP contribution in [0, 0.1) is 0 Å². The molecule has 0 amide bonds. The topological polar surface area (TPSA) is 85.1 Å². The molecule has 1 saturated carbocycles. The van der Waals surface area contributed by atoms with Crippen LogP contribution in [0.3, 0.4) is 0 Å². The molecule has 0 radical (unpaired) electrons. The zero-order chi connectivity index (χ0) is 18.8. The molecule has 0 aliphatic heterocycles. The summed E-state index contributed by atoms with van der Waals surface area (Å²) in [5, 5.41) is 3.17. The van der Waals surface area contributed by atoms with Crippen molar-refractivity contribution in [2.24, 2.45) is 5.84 Å². The Labute approximate surface area is 148 Å². The van der Waals surface area contributed by atoms with Gasteiger partial charge in [-0.3, -0.25) is 5.84 Å². The third-order valence-electron chi connectivity index (χ3n) is 4.36. The van der Waals surface area contributed by atoms with Crippen LogP contribution in [0.25, 0.3) is 5.70 Å². The lowest BCUT2D eigenvalue weighted by Gasteiger charge is -2.43. The van der Waals surface area contributed by atoms with Crippen LogP contribution in [-0.4, -0.2) is 16.3 Å². The molecule has 1 aromatic carbocycles. The summed E-state index contributed by atoms with van der Waals surface area (Å²) in [5.74, 6) is 5.38. The van der Waals surface area contributed by atoms with Crippen LogP contribution in [0.2, 0.25) is 0 Å². The second-order valence-electron chi connectivity index (χ2n) is 6.02. The maximum Gasteiger partial charge on any atom is 0.573 e. The van der Waals surface area contributed by atoms with Gasteiger partial charge >= 0.3 is 6.36 Å². The van der Waals surface area contributed by atoms with Crippen molar-refractivity contribution in [3.05, 3.63) is 54.4 Å². The zero-order valence-corrected chi connectivity index (χ0v) is 13.8. The van der Waals surface area contributed by atoms with Crippen molar-refractivity contribution in [2.45, 2.75) is 31.2 Å². The van der Waals surface area contributed by atoms with Crippen molar-refractivity contribution < 1.29 is 17.9 Å². The molecule has 26 heavy (non-hydrogen) atoms. The number of hydrogen-bond acceptors (Lipinski definition) is 6. The van der Waals surface area contributed by atoms with Gasteiger partial charge in [0.25, 0.3) is 0 Å². The summed E-state index contributed by atoms with van der Waals surface area (Å²) < 4.78 is 42.4. The Morgan fingerprint density at radius 3 is 2.38 bits per heavy atom. The number of hydrazine groups is 1. The number of aromatic nitrogens is 2. The van der Waals surface area contributed by atoms with Gasteiger partial charge in [0.05, 0.1) is 11.2 Å². The molecule has 3 rings (SSSR count). The number of nitrogens with one attached hydrogen (secondary N) is 2. The lowest BCUT2D eigenvalue weighted by molar-refractivity contribution is -0.275. The highest BCUT2D eigenvalue weighted by molar-refractivity contribution is 5.60. The summed E-state index contributed by atoms with van der Waals surface area (Å²) in [7, 11) is 0. The van der Waals surface area contributed by atoms with Crippen molar-refractivity contribution in [3.8, 4) is 5.75 Å². The van der Waals surface area contributed by atoms with E-state index in [0.29, 0.717) is 35.6 Å². The molecule has 0 spiro atoms. The van der Waals surface area contributed by atoms with Crippen LogP contribution in [0.1, 0.15) is 30.4 Å². The van der Waals surface area contributed by atoms with Gasteiger partial charge in [-0.05, 0) is 25.3 Å². The first-order valence-electron chi connectivity index (χ1n) is 7.94. The molecule has 1 heterocycles. The van der Waals surface area contributed by atoms with Crippen molar-refractivity contribution >= 4 is 11.6 Å². The molecule has 1 aliphatic rings. The Balaban J connectivity index is 1.87. The van der Waals surface area contributed by atoms with Crippen LogP contribution in [0.5, 0.6) is 5.75 Å². The lowest BCUT2D eigenvalue weighted by Crippen LogP contribution is -2.43. The van der Waals surface area contributed by atoms with Gasteiger partial charge in [-0.15, -0.1) is 13.2 Å². The Kier molecular flexibility index (Phi) is 4.73. The maximum absolute atomic E-state index is 12.7. The Morgan fingerprint density at radius 1 is 1.19 bits per heavy atom. The van der Waals surface area contributed by atoms with E-state index in [1.54, 1.807) is 12.1 Å². The highest BCUT2D eigenvalue weighted by Gasteiger charge is 2.43. The van der Waals surface area contributed by atoms with Gasteiger partial charge in [0, 0.05) is 23.5 Å². The minimum absolute atomic E-state index is 0.218. The van der Waals surface area contributed by atoms with E-state index in [0.717, 1.165) is 6.42 Å². The van der Waals surface area contributed by atoms with Gasteiger partial charge in [-0.1, -0.05) is 24.8 Å². The first-order valence-corrected chi connectivity index (χ1v) is 7.94. The molecule has 1 fully saturated rings. The fourth-order valence-corrected chi connectivity index (χ4v) is 2.91. The van der Waals surface area contributed by atoms with Gasteiger partial charge in [-0.25, -0.2) is 9.97 Å². The number of halogens is 3. The molecule has 2 aromatic rings. The van der Waals surface area contributed by atoms with Gasteiger partial charge in [-0.2, -0.15) is 0 Å². The van der Waals surface area contributed by atoms with E-state index in [-0.39, 0.29) is 5.75 Å². The van der Waals surface area contributed by atoms with Crippen molar-refractivity contribution in [3.63, 3.8) is 0 Å². The number of benzene rings is 1. The number of alkyl halides is 3. The third-order valence-corrected chi connectivity index (χ3v) is 4.36. The van der Waals surface area contributed by atoms with Gasteiger partial charge in [0.15, 0.2) is 0 Å². The number of rotatable bonds is 6. The number of ether oxygens (including phenoxy) is 1. The van der Waals surface area contributed by atoms with E-state index >= 15 is 0 Å². The molecular formula is C17H18F3N5O. The molecule has 4 N–H and O–H groups in total. The first-order chi connectivity index (χ1) is 12.3. The Morgan fingerprint density at radius 2 is 1.85 bits per heavy atom. The Bertz CT molecular complexity index is 788. The molecule has 0 saturated heterocycles. The highest BCUT2D eigenvalue weighted by Crippen LogP contribution is 2.47. The van der Waals surface area contributed by atoms with E-state index in [4.69, 9.17) is 5.84 Å².